The van der Waals surface area contributed by atoms with Gasteiger partial charge in [0.1, 0.15) is 0 Å². The summed E-state index contributed by atoms with van der Waals surface area (Å²) in [5.41, 5.74) is 0.934. The molecule has 5 heteroatoms. The van der Waals surface area contributed by atoms with Crippen LogP contribution in [0.1, 0.15) is 53.0 Å². The van der Waals surface area contributed by atoms with E-state index < -0.39 is 0 Å². The quantitative estimate of drug-likeness (QED) is 0.805. The fraction of sp³-hybridized carbons (Fsp3) is 0.667. The van der Waals surface area contributed by atoms with E-state index in [9.17, 15) is 4.79 Å². The zero-order chi connectivity index (χ0) is 19.3. The molecule has 1 aliphatic rings. The summed E-state index contributed by atoms with van der Waals surface area (Å²) in [6.45, 7) is 12.6. The molecule has 2 rings (SSSR count). The molecule has 1 aromatic carbocycles. The molecule has 1 heterocycles. The van der Waals surface area contributed by atoms with Crippen LogP contribution in [0.15, 0.2) is 18.2 Å². The first-order valence-electron chi connectivity index (χ1n) is 9.55. The van der Waals surface area contributed by atoms with E-state index in [2.05, 4.69) is 30.1 Å². The number of methoxy groups -OCH3 is 1. The summed E-state index contributed by atoms with van der Waals surface area (Å²) in [5, 5.41) is 3.11. The van der Waals surface area contributed by atoms with Crippen LogP contribution in [0.3, 0.4) is 0 Å². The van der Waals surface area contributed by atoms with Gasteiger partial charge in [0.05, 0.1) is 19.8 Å². The van der Waals surface area contributed by atoms with Gasteiger partial charge in [-0.3, -0.25) is 9.69 Å². The molecule has 1 N–H and O–H groups in total. The molecule has 1 aliphatic heterocycles. The van der Waals surface area contributed by atoms with Gasteiger partial charge < -0.3 is 14.8 Å². The van der Waals surface area contributed by atoms with Gasteiger partial charge in [-0.2, -0.15) is 0 Å². The Morgan fingerprint density at radius 3 is 2.65 bits per heavy atom. The molecule has 1 saturated heterocycles. The molecule has 26 heavy (non-hydrogen) atoms. The van der Waals surface area contributed by atoms with Crippen LogP contribution in [-0.2, 0) is 11.3 Å². The monoisotopic (exact) mass is 362 g/mol. The van der Waals surface area contributed by atoms with Gasteiger partial charge in [0.15, 0.2) is 11.5 Å². The molecule has 0 spiro atoms. The molecule has 0 aromatic heterocycles. The van der Waals surface area contributed by atoms with Gasteiger partial charge in [-0.15, -0.1) is 0 Å². The van der Waals surface area contributed by atoms with Crippen molar-refractivity contribution < 1.29 is 14.3 Å². The normalized spacial score (nSPS) is 18.2. The number of nitrogens with one attached hydrogen (secondary N) is 1. The maximum Gasteiger partial charge on any atom is 0.237 e. The van der Waals surface area contributed by atoms with Gasteiger partial charge >= 0.3 is 0 Å². The molecular weight excluding hydrogens is 328 g/mol. The second-order valence-corrected chi connectivity index (χ2v) is 8.56. The van der Waals surface area contributed by atoms with Crippen LogP contribution < -0.4 is 14.8 Å². The minimum atomic E-state index is -0.205. The van der Waals surface area contributed by atoms with Gasteiger partial charge in [0.2, 0.25) is 5.91 Å². The second kappa shape index (κ2) is 8.76. The maximum atomic E-state index is 12.6. The van der Waals surface area contributed by atoms with Crippen LogP contribution >= 0.6 is 0 Å². The molecule has 146 valence electrons. The Hall–Kier alpha value is -1.75. The predicted octanol–water partition coefficient (Wildman–Crippen LogP) is 3.61. The lowest BCUT2D eigenvalue weighted by Crippen LogP contribution is -2.49. The highest BCUT2D eigenvalue weighted by atomic mass is 16.5. The summed E-state index contributed by atoms with van der Waals surface area (Å²) in [5.74, 6) is 2.10. The SMILES string of the molecule is COc1ccc(CN2CCC[C@H]2C(=O)NC(C)(C)C)cc1OCC(C)C. The topological polar surface area (TPSA) is 50.8 Å². The highest BCUT2D eigenvalue weighted by Crippen LogP contribution is 2.30. The fourth-order valence-corrected chi connectivity index (χ4v) is 3.19. The third-order valence-electron chi connectivity index (χ3n) is 4.35. The first-order chi connectivity index (χ1) is 12.2. The van der Waals surface area contributed by atoms with Gasteiger partial charge in [0.25, 0.3) is 0 Å². The van der Waals surface area contributed by atoms with E-state index in [1.165, 1.54) is 0 Å². The largest absolute Gasteiger partial charge is 0.493 e. The van der Waals surface area contributed by atoms with E-state index in [1.54, 1.807) is 7.11 Å². The van der Waals surface area contributed by atoms with Crippen LogP contribution in [-0.4, -0.2) is 42.6 Å². The number of rotatable bonds is 7. The van der Waals surface area contributed by atoms with Gasteiger partial charge in [-0.1, -0.05) is 19.9 Å². The van der Waals surface area contributed by atoms with E-state index in [4.69, 9.17) is 9.47 Å². The Kier molecular flexibility index (Phi) is 6.93. The smallest absolute Gasteiger partial charge is 0.237 e. The summed E-state index contributed by atoms with van der Waals surface area (Å²) in [6.07, 6.45) is 1.96. The van der Waals surface area contributed by atoms with Crippen molar-refractivity contribution >= 4 is 5.91 Å². The van der Waals surface area contributed by atoms with Crippen LogP contribution in [0.25, 0.3) is 0 Å². The van der Waals surface area contributed by atoms with Crippen molar-refractivity contribution in [1.82, 2.24) is 10.2 Å². The Labute approximate surface area is 158 Å². The number of benzene rings is 1. The van der Waals surface area contributed by atoms with Crippen molar-refractivity contribution in [3.05, 3.63) is 23.8 Å². The standard InChI is InChI=1S/C21H34N2O3/c1-15(2)14-26-19-12-16(9-10-18(19)25-6)13-23-11-7-8-17(23)20(24)22-21(3,4)5/h9-10,12,15,17H,7-8,11,13-14H2,1-6H3,(H,22,24)/t17-/m0/s1. The number of carbonyl (C=O) groups is 1. The summed E-state index contributed by atoms with van der Waals surface area (Å²) in [6, 6.07) is 5.98. The van der Waals surface area contributed by atoms with Crippen molar-refractivity contribution in [2.75, 3.05) is 20.3 Å². The van der Waals surface area contributed by atoms with Crippen LogP contribution in [0.4, 0.5) is 0 Å². The second-order valence-electron chi connectivity index (χ2n) is 8.56. The summed E-state index contributed by atoms with van der Waals surface area (Å²) < 4.78 is 11.3. The third-order valence-corrected chi connectivity index (χ3v) is 4.35. The van der Waals surface area contributed by atoms with E-state index in [0.29, 0.717) is 12.5 Å². The number of likely N-dealkylation sites (tertiary alicyclic amines) is 1. The van der Waals surface area contributed by atoms with E-state index in [1.807, 2.05) is 32.9 Å². The van der Waals surface area contributed by atoms with Crippen molar-refractivity contribution in [3.63, 3.8) is 0 Å². The lowest BCUT2D eigenvalue weighted by molar-refractivity contribution is -0.127. The highest BCUT2D eigenvalue weighted by molar-refractivity contribution is 5.82. The average molecular weight is 363 g/mol. The lowest BCUT2D eigenvalue weighted by Gasteiger charge is -2.28. The zero-order valence-electron chi connectivity index (χ0n) is 17.1. The molecule has 1 amide bonds. The van der Waals surface area contributed by atoms with Crippen molar-refractivity contribution in [2.45, 2.75) is 65.6 Å². The lowest BCUT2D eigenvalue weighted by atomic mass is 10.1. The van der Waals surface area contributed by atoms with Crippen LogP contribution in [0.2, 0.25) is 0 Å². The Balaban J connectivity index is 2.08. The third kappa shape index (κ3) is 5.90. The first-order valence-corrected chi connectivity index (χ1v) is 9.55. The van der Waals surface area contributed by atoms with Gasteiger partial charge in [-0.05, 0) is 63.8 Å². The molecule has 0 saturated carbocycles. The molecule has 5 nitrogen and oxygen atoms in total. The summed E-state index contributed by atoms with van der Waals surface area (Å²) >= 11 is 0. The number of nitrogens with zero attached hydrogens (tertiary/aromatic N) is 1. The Morgan fingerprint density at radius 2 is 2.04 bits per heavy atom. The van der Waals surface area contributed by atoms with Gasteiger partial charge in [0, 0.05) is 12.1 Å². The molecule has 1 aromatic rings. The summed E-state index contributed by atoms with van der Waals surface area (Å²) in [7, 11) is 1.66. The van der Waals surface area contributed by atoms with E-state index in [-0.39, 0.29) is 17.5 Å². The van der Waals surface area contributed by atoms with Gasteiger partial charge in [-0.25, -0.2) is 0 Å². The minimum Gasteiger partial charge on any atom is -0.493 e. The van der Waals surface area contributed by atoms with E-state index >= 15 is 0 Å². The molecular formula is C21H34N2O3. The predicted molar refractivity (Wildman–Crippen MR) is 105 cm³/mol. The maximum absolute atomic E-state index is 12.6. The van der Waals surface area contributed by atoms with E-state index in [0.717, 1.165) is 43.0 Å². The number of hydrogen-bond acceptors (Lipinski definition) is 4. The van der Waals surface area contributed by atoms with Crippen LogP contribution in [0, 0.1) is 5.92 Å². The Bertz CT molecular complexity index is 608. The molecule has 0 radical (unpaired) electrons. The first kappa shape index (κ1) is 20.6. The van der Waals surface area contributed by atoms with Crippen LogP contribution in [0.5, 0.6) is 11.5 Å². The summed E-state index contributed by atoms with van der Waals surface area (Å²) in [4.78, 5) is 14.9. The average Bonchev–Trinajstić information content (AvgIpc) is 2.99. The van der Waals surface area contributed by atoms with Crippen molar-refractivity contribution in [1.29, 1.82) is 0 Å². The highest BCUT2D eigenvalue weighted by Gasteiger charge is 2.32. The molecule has 0 unspecified atom stereocenters. The number of carbonyl (C=O) groups excluding carboxylic acids is 1. The molecule has 1 fully saturated rings. The zero-order valence-corrected chi connectivity index (χ0v) is 17.1. The number of amides is 1. The minimum absolute atomic E-state index is 0.0589. The molecule has 1 atom stereocenters. The molecule has 0 bridgehead atoms. The number of hydrogen-bond donors (Lipinski definition) is 1. The molecule has 0 aliphatic carbocycles. The number of ether oxygens (including phenoxy) is 2. The van der Waals surface area contributed by atoms with Crippen molar-refractivity contribution in [2.24, 2.45) is 5.92 Å². The fourth-order valence-electron chi connectivity index (χ4n) is 3.19. The Morgan fingerprint density at radius 1 is 1.31 bits per heavy atom. The van der Waals surface area contributed by atoms with Crippen molar-refractivity contribution in [3.8, 4) is 11.5 Å².